The maximum absolute atomic E-state index is 3.76. The average molecular weight is 210 g/mol. The van der Waals surface area contributed by atoms with Crippen LogP contribution in [-0.4, -0.2) is 36.1 Å². The van der Waals surface area contributed by atoms with Crippen molar-refractivity contribution in [3.05, 3.63) is 0 Å². The number of nitrogens with zero attached hydrogens (tertiary/aromatic N) is 1. The van der Waals surface area contributed by atoms with Gasteiger partial charge in [-0.25, -0.2) is 0 Å². The monoisotopic (exact) mass is 210 g/mol. The van der Waals surface area contributed by atoms with Crippen LogP contribution in [0.25, 0.3) is 0 Å². The fraction of sp³-hybridized carbons (Fsp3) is 1.00. The largest absolute Gasteiger partial charge is 0.310 e. The normalized spacial score (nSPS) is 34.0. The first-order chi connectivity index (χ1) is 7.33. The zero-order valence-corrected chi connectivity index (χ0v) is 10.3. The number of hydrogen-bond acceptors (Lipinski definition) is 2. The Bertz CT molecular complexity index is 193. The quantitative estimate of drug-likeness (QED) is 0.766. The van der Waals surface area contributed by atoms with Crippen molar-refractivity contribution in [3.63, 3.8) is 0 Å². The van der Waals surface area contributed by atoms with Crippen LogP contribution in [0, 0.1) is 0 Å². The lowest BCUT2D eigenvalue weighted by molar-refractivity contribution is 0.172. The highest BCUT2D eigenvalue weighted by Gasteiger charge is 2.31. The van der Waals surface area contributed by atoms with Crippen LogP contribution in [0.1, 0.15) is 52.4 Å². The standard InChI is InChI=1S/C13H26N2/c1-3-5-13(4-2)15-9-8-11-6-7-12(10-15)14-11/h11-14H,3-10H2,1-2H3. The first-order valence-corrected chi connectivity index (χ1v) is 6.83. The first-order valence-electron chi connectivity index (χ1n) is 6.83. The van der Waals surface area contributed by atoms with Crippen molar-refractivity contribution >= 4 is 0 Å². The Morgan fingerprint density at radius 2 is 2.00 bits per heavy atom. The van der Waals surface area contributed by atoms with Crippen LogP contribution in [0.15, 0.2) is 0 Å². The molecule has 3 atom stereocenters. The first kappa shape index (κ1) is 11.4. The summed E-state index contributed by atoms with van der Waals surface area (Å²) in [6.45, 7) is 7.28. The topological polar surface area (TPSA) is 15.3 Å². The molecule has 1 N–H and O–H groups in total. The lowest BCUT2D eigenvalue weighted by Crippen LogP contribution is -2.41. The molecule has 2 aliphatic rings. The van der Waals surface area contributed by atoms with Crippen LogP contribution < -0.4 is 5.32 Å². The van der Waals surface area contributed by atoms with Crippen LogP contribution in [0.3, 0.4) is 0 Å². The van der Waals surface area contributed by atoms with Crippen molar-refractivity contribution in [2.24, 2.45) is 0 Å². The fourth-order valence-corrected chi connectivity index (χ4v) is 3.28. The molecule has 2 saturated heterocycles. The van der Waals surface area contributed by atoms with Crippen molar-refractivity contribution in [3.8, 4) is 0 Å². The molecule has 0 spiro atoms. The molecule has 0 saturated carbocycles. The minimum Gasteiger partial charge on any atom is -0.310 e. The van der Waals surface area contributed by atoms with Crippen molar-refractivity contribution in [1.82, 2.24) is 10.2 Å². The summed E-state index contributed by atoms with van der Waals surface area (Å²) in [7, 11) is 0. The third-order valence-corrected chi connectivity index (χ3v) is 4.16. The lowest BCUT2D eigenvalue weighted by Gasteiger charge is -2.32. The third-order valence-electron chi connectivity index (χ3n) is 4.16. The second-order valence-electron chi connectivity index (χ2n) is 5.27. The Hall–Kier alpha value is -0.0800. The Morgan fingerprint density at radius 1 is 1.20 bits per heavy atom. The summed E-state index contributed by atoms with van der Waals surface area (Å²) in [6.07, 6.45) is 8.24. The van der Waals surface area contributed by atoms with E-state index in [4.69, 9.17) is 0 Å². The molecular weight excluding hydrogens is 184 g/mol. The molecule has 0 aromatic carbocycles. The van der Waals surface area contributed by atoms with Crippen molar-refractivity contribution in [2.45, 2.75) is 70.5 Å². The molecular formula is C13H26N2. The van der Waals surface area contributed by atoms with Gasteiger partial charge in [-0.1, -0.05) is 20.3 Å². The molecule has 0 aromatic rings. The maximum atomic E-state index is 3.76. The highest BCUT2D eigenvalue weighted by Crippen LogP contribution is 2.23. The Labute approximate surface area is 94.4 Å². The molecule has 88 valence electrons. The molecule has 2 rings (SSSR count). The van der Waals surface area contributed by atoms with Gasteiger partial charge >= 0.3 is 0 Å². The van der Waals surface area contributed by atoms with E-state index in [1.807, 2.05) is 0 Å². The lowest BCUT2D eigenvalue weighted by atomic mass is 10.0. The van der Waals surface area contributed by atoms with Crippen molar-refractivity contribution < 1.29 is 0 Å². The second-order valence-corrected chi connectivity index (χ2v) is 5.27. The van der Waals surface area contributed by atoms with E-state index in [0.29, 0.717) is 0 Å². The van der Waals surface area contributed by atoms with E-state index in [1.54, 1.807) is 0 Å². The van der Waals surface area contributed by atoms with E-state index in [0.717, 1.165) is 18.1 Å². The maximum Gasteiger partial charge on any atom is 0.0198 e. The zero-order valence-electron chi connectivity index (χ0n) is 10.3. The van der Waals surface area contributed by atoms with Gasteiger partial charge in [-0.2, -0.15) is 0 Å². The minimum atomic E-state index is 0.795. The highest BCUT2D eigenvalue weighted by atomic mass is 15.2. The molecule has 2 heterocycles. The Morgan fingerprint density at radius 3 is 2.73 bits per heavy atom. The zero-order chi connectivity index (χ0) is 10.7. The van der Waals surface area contributed by atoms with E-state index in [1.165, 1.54) is 51.6 Å². The van der Waals surface area contributed by atoms with E-state index >= 15 is 0 Å². The molecule has 0 aliphatic carbocycles. The van der Waals surface area contributed by atoms with Gasteiger partial charge in [0.2, 0.25) is 0 Å². The van der Waals surface area contributed by atoms with Gasteiger partial charge in [-0.3, -0.25) is 4.90 Å². The predicted molar refractivity (Wildman–Crippen MR) is 65.1 cm³/mol. The average Bonchev–Trinajstić information content (AvgIpc) is 2.56. The Balaban J connectivity index is 1.91. The molecule has 2 heteroatoms. The number of nitrogens with one attached hydrogen (secondary N) is 1. The fourth-order valence-electron chi connectivity index (χ4n) is 3.28. The van der Waals surface area contributed by atoms with E-state index in [9.17, 15) is 0 Å². The molecule has 2 nitrogen and oxygen atoms in total. The molecule has 2 bridgehead atoms. The third kappa shape index (κ3) is 2.73. The molecule has 0 amide bonds. The van der Waals surface area contributed by atoms with Gasteiger partial charge in [0.25, 0.3) is 0 Å². The molecule has 15 heavy (non-hydrogen) atoms. The summed E-state index contributed by atoms with van der Waals surface area (Å²) in [5, 5.41) is 3.76. The molecule has 0 aromatic heterocycles. The molecule has 2 fully saturated rings. The van der Waals surface area contributed by atoms with E-state index < -0.39 is 0 Å². The van der Waals surface area contributed by atoms with Crippen LogP contribution in [0.5, 0.6) is 0 Å². The summed E-state index contributed by atoms with van der Waals surface area (Å²) in [4.78, 5) is 2.75. The van der Waals surface area contributed by atoms with Crippen molar-refractivity contribution in [1.29, 1.82) is 0 Å². The van der Waals surface area contributed by atoms with Gasteiger partial charge in [-0.05, 0) is 38.6 Å². The molecule has 3 unspecified atom stereocenters. The SMILES string of the molecule is CCCC(CC)N1CCC2CCC(C1)N2. The van der Waals surface area contributed by atoms with Crippen molar-refractivity contribution in [2.75, 3.05) is 13.1 Å². The van der Waals surface area contributed by atoms with Gasteiger partial charge in [0.1, 0.15) is 0 Å². The minimum absolute atomic E-state index is 0.795. The molecule has 2 aliphatic heterocycles. The van der Waals surface area contributed by atoms with Crippen LogP contribution in [0.2, 0.25) is 0 Å². The summed E-state index contributed by atoms with van der Waals surface area (Å²) < 4.78 is 0. The van der Waals surface area contributed by atoms with Gasteiger partial charge in [0, 0.05) is 24.7 Å². The summed E-state index contributed by atoms with van der Waals surface area (Å²) in [5.74, 6) is 0. The predicted octanol–water partition coefficient (Wildman–Crippen LogP) is 2.39. The summed E-state index contributed by atoms with van der Waals surface area (Å²) >= 11 is 0. The molecule has 0 radical (unpaired) electrons. The van der Waals surface area contributed by atoms with Crippen LogP contribution in [-0.2, 0) is 0 Å². The highest BCUT2D eigenvalue weighted by molar-refractivity contribution is 4.91. The van der Waals surface area contributed by atoms with Gasteiger partial charge in [-0.15, -0.1) is 0 Å². The number of rotatable bonds is 4. The smallest absolute Gasteiger partial charge is 0.0198 e. The van der Waals surface area contributed by atoms with Gasteiger partial charge < -0.3 is 5.32 Å². The summed E-state index contributed by atoms with van der Waals surface area (Å²) in [5.41, 5.74) is 0. The van der Waals surface area contributed by atoms with Gasteiger partial charge in [0.05, 0.1) is 0 Å². The van der Waals surface area contributed by atoms with Crippen LogP contribution >= 0.6 is 0 Å². The van der Waals surface area contributed by atoms with E-state index in [-0.39, 0.29) is 0 Å². The Kier molecular flexibility index (Phi) is 4.04. The second kappa shape index (κ2) is 5.31. The number of likely N-dealkylation sites (tertiary alicyclic amines) is 1. The van der Waals surface area contributed by atoms with E-state index in [2.05, 4.69) is 24.1 Å². The summed E-state index contributed by atoms with van der Waals surface area (Å²) in [6, 6.07) is 2.47. The number of fused-ring (bicyclic) bond motifs is 2. The van der Waals surface area contributed by atoms with Gasteiger partial charge in [0.15, 0.2) is 0 Å². The van der Waals surface area contributed by atoms with Crippen LogP contribution in [0.4, 0.5) is 0 Å². The number of hydrogen-bond donors (Lipinski definition) is 1.